The molecule has 0 aliphatic heterocycles. The fourth-order valence-corrected chi connectivity index (χ4v) is 1.91. The highest BCUT2D eigenvalue weighted by atomic mass is 19.4. The van der Waals surface area contributed by atoms with Crippen molar-refractivity contribution in [3.63, 3.8) is 0 Å². The minimum atomic E-state index is -5.48. The SMILES string of the molecule is FC(F)(F)c1cc(C(F)(F)F)n(Bn2nc(C(F)(F)F)cc2C(F)(F)F)n1. The molecule has 2 aromatic rings. The van der Waals surface area contributed by atoms with Crippen LogP contribution in [0.3, 0.4) is 0 Å². The molecular weight excluding hydrogens is 415 g/mol. The molecule has 0 fully saturated rings. The Labute approximate surface area is 140 Å². The summed E-state index contributed by atoms with van der Waals surface area (Å²) in [5.74, 6) is 0. The smallest absolute Gasteiger partial charge is 0.282 e. The van der Waals surface area contributed by atoms with Gasteiger partial charge in [0.25, 0.3) is 0 Å². The fourth-order valence-electron chi connectivity index (χ4n) is 1.91. The van der Waals surface area contributed by atoms with Gasteiger partial charge >= 0.3 is 32.3 Å². The molecule has 27 heavy (non-hydrogen) atoms. The van der Waals surface area contributed by atoms with Gasteiger partial charge in [-0.2, -0.15) is 62.9 Å². The lowest BCUT2D eigenvalue weighted by molar-refractivity contribution is -0.144. The van der Waals surface area contributed by atoms with Crippen LogP contribution in [0.2, 0.25) is 0 Å². The molecule has 0 saturated carbocycles. The summed E-state index contributed by atoms with van der Waals surface area (Å²) in [5, 5.41) is 5.00. The van der Waals surface area contributed by atoms with Crippen LogP contribution >= 0.6 is 0 Å². The van der Waals surface area contributed by atoms with Crippen LogP contribution in [0.5, 0.6) is 0 Å². The molecule has 0 aliphatic rings. The topological polar surface area (TPSA) is 35.6 Å². The fraction of sp³-hybridized carbons (Fsp3) is 0.400. The molecule has 2 rings (SSSR count). The summed E-state index contributed by atoms with van der Waals surface area (Å²) in [6.45, 7) is 0. The highest BCUT2D eigenvalue weighted by molar-refractivity contribution is 6.31. The summed E-state index contributed by atoms with van der Waals surface area (Å²) in [4.78, 5) is 0. The maximum atomic E-state index is 12.8. The average Bonchev–Trinajstić information content (AvgIpc) is 3.00. The normalized spacial score (nSPS) is 13.9. The van der Waals surface area contributed by atoms with Gasteiger partial charge in [0, 0.05) is 0 Å². The van der Waals surface area contributed by atoms with E-state index >= 15 is 0 Å². The summed E-state index contributed by atoms with van der Waals surface area (Å²) in [6.07, 6.45) is -21.7. The van der Waals surface area contributed by atoms with Crippen molar-refractivity contribution in [3.05, 3.63) is 34.9 Å². The summed E-state index contributed by atoms with van der Waals surface area (Å²) >= 11 is 0. The zero-order chi connectivity index (χ0) is 21.0. The van der Waals surface area contributed by atoms with Gasteiger partial charge in [-0.25, -0.2) is 0 Å². The van der Waals surface area contributed by atoms with Gasteiger partial charge in [-0.3, -0.25) is 9.19 Å². The molecule has 0 unspecified atom stereocenters. The van der Waals surface area contributed by atoms with Crippen LogP contribution < -0.4 is 0 Å². The number of rotatable bonds is 2. The van der Waals surface area contributed by atoms with Crippen LogP contribution in [0.1, 0.15) is 22.8 Å². The standard InChI is InChI=1S/C10H3BF12N4/c12-7(13,14)3-1-5(9(18,19)20)26(24-3)11-27-6(10(21,22)23)2-4(25-27)8(15,16)17/h1-2,11H. The lowest BCUT2D eigenvalue weighted by Gasteiger charge is -2.12. The lowest BCUT2D eigenvalue weighted by atomic mass is 10.1. The minimum Gasteiger partial charge on any atom is -0.282 e. The lowest BCUT2D eigenvalue weighted by Crippen LogP contribution is -2.29. The van der Waals surface area contributed by atoms with E-state index in [0.717, 1.165) is 0 Å². The first kappa shape index (κ1) is 21.0. The van der Waals surface area contributed by atoms with Crippen molar-refractivity contribution >= 4 is 7.55 Å². The quantitative estimate of drug-likeness (QED) is 0.550. The third-order valence-corrected chi connectivity index (χ3v) is 2.99. The minimum absolute atomic E-state index is 0.485. The van der Waals surface area contributed by atoms with E-state index in [9.17, 15) is 52.7 Å². The third-order valence-electron chi connectivity index (χ3n) is 2.99. The van der Waals surface area contributed by atoms with E-state index in [1.165, 1.54) is 0 Å². The molecule has 2 heterocycles. The van der Waals surface area contributed by atoms with E-state index in [4.69, 9.17) is 0 Å². The highest BCUT2D eigenvalue weighted by Crippen LogP contribution is 2.37. The number of aromatic nitrogens is 4. The average molecular weight is 418 g/mol. The molecule has 0 aliphatic carbocycles. The maximum Gasteiger partial charge on any atom is 0.435 e. The predicted molar refractivity (Wildman–Crippen MR) is 62.4 cm³/mol. The summed E-state index contributed by atoms with van der Waals surface area (Å²) in [6, 6.07) is -0.969. The van der Waals surface area contributed by atoms with Gasteiger partial charge in [0.15, 0.2) is 11.4 Å². The molecule has 0 radical (unpaired) electrons. The Morgan fingerprint density at radius 2 is 0.852 bits per heavy atom. The molecular formula is C10H3BF12N4. The number of halogens is 12. The number of hydrogen-bond acceptors (Lipinski definition) is 2. The van der Waals surface area contributed by atoms with Crippen molar-refractivity contribution in [2.75, 3.05) is 0 Å². The maximum absolute atomic E-state index is 12.8. The van der Waals surface area contributed by atoms with Gasteiger partial charge in [0.2, 0.25) is 0 Å². The van der Waals surface area contributed by atoms with Gasteiger partial charge in [-0.15, -0.1) is 0 Å². The van der Waals surface area contributed by atoms with E-state index in [2.05, 4.69) is 10.2 Å². The van der Waals surface area contributed by atoms with Gasteiger partial charge in [-0.05, 0) is 12.1 Å². The van der Waals surface area contributed by atoms with Crippen LogP contribution in [0.15, 0.2) is 12.1 Å². The molecule has 0 atom stereocenters. The molecule has 17 heteroatoms. The van der Waals surface area contributed by atoms with Crippen molar-refractivity contribution in [1.29, 1.82) is 0 Å². The number of hydrogen-bond donors (Lipinski definition) is 0. The summed E-state index contributed by atoms with van der Waals surface area (Å²) in [7, 11) is -1.80. The first-order valence-electron chi connectivity index (χ1n) is 6.35. The molecule has 0 spiro atoms. The second kappa shape index (κ2) is 6.08. The van der Waals surface area contributed by atoms with Gasteiger partial charge in [0.05, 0.1) is 0 Å². The molecule has 0 bridgehead atoms. The van der Waals surface area contributed by atoms with E-state index in [1.54, 1.807) is 0 Å². The zero-order valence-corrected chi connectivity index (χ0v) is 12.2. The van der Waals surface area contributed by atoms with E-state index in [1.807, 2.05) is 0 Å². The van der Waals surface area contributed by atoms with E-state index in [-0.39, 0.29) is 0 Å². The van der Waals surface area contributed by atoms with Crippen molar-refractivity contribution in [2.45, 2.75) is 24.7 Å². The van der Waals surface area contributed by atoms with Gasteiger partial charge in [-0.1, -0.05) is 0 Å². The molecule has 2 aromatic heterocycles. The Balaban J connectivity index is 2.60. The molecule has 0 amide bonds. The second-order valence-corrected chi connectivity index (χ2v) is 4.96. The zero-order valence-electron chi connectivity index (χ0n) is 12.2. The van der Waals surface area contributed by atoms with E-state index in [0.29, 0.717) is 0 Å². The highest BCUT2D eigenvalue weighted by Gasteiger charge is 2.44. The van der Waals surface area contributed by atoms with Crippen molar-refractivity contribution in [1.82, 2.24) is 19.4 Å². The Kier molecular flexibility index (Phi) is 4.72. The summed E-state index contributed by atoms with van der Waals surface area (Å²) < 4.78 is 151. The molecule has 4 nitrogen and oxygen atoms in total. The van der Waals surface area contributed by atoms with Crippen LogP contribution in [-0.2, 0) is 24.7 Å². The Bertz CT molecular complexity index is 753. The van der Waals surface area contributed by atoms with Gasteiger partial charge < -0.3 is 0 Å². The predicted octanol–water partition coefficient (Wildman–Crippen LogP) is 3.82. The second-order valence-electron chi connectivity index (χ2n) is 4.96. The van der Waals surface area contributed by atoms with Crippen molar-refractivity contribution in [3.8, 4) is 0 Å². The third kappa shape index (κ3) is 4.49. The molecule has 0 N–H and O–H groups in total. The first-order chi connectivity index (χ1) is 11.9. The van der Waals surface area contributed by atoms with Gasteiger partial charge in [0.1, 0.15) is 11.4 Å². The Morgan fingerprint density at radius 1 is 0.556 bits per heavy atom. The number of nitrogens with zero attached hydrogens (tertiary/aromatic N) is 4. The Hall–Kier alpha value is -2.36. The molecule has 150 valence electrons. The monoisotopic (exact) mass is 418 g/mol. The number of alkyl halides is 12. The molecule has 0 saturated heterocycles. The molecule has 0 aromatic carbocycles. The van der Waals surface area contributed by atoms with Crippen molar-refractivity contribution in [2.24, 2.45) is 0 Å². The first-order valence-corrected chi connectivity index (χ1v) is 6.35. The van der Waals surface area contributed by atoms with Crippen LogP contribution in [0.25, 0.3) is 0 Å². The van der Waals surface area contributed by atoms with Crippen LogP contribution in [0.4, 0.5) is 52.7 Å². The summed E-state index contributed by atoms with van der Waals surface area (Å²) in [5.41, 5.74) is -8.42. The van der Waals surface area contributed by atoms with E-state index < -0.39 is 76.3 Å². The van der Waals surface area contributed by atoms with Crippen molar-refractivity contribution < 1.29 is 52.7 Å². The van der Waals surface area contributed by atoms with Crippen LogP contribution in [0, 0.1) is 0 Å². The largest absolute Gasteiger partial charge is 0.435 e. The van der Waals surface area contributed by atoms with Crippen LogP contribution in [-0.4, -0.2) is 26.9 Å². The Morgan fingerprint density at radius 3 is 1.07 bits per heavy atom.